The molecule has 1 unspecified atom stereocenters. The van der Waals surface area contributed by atoms with Crippen LogP contribution >= 0.6 is 0 Å². The molecule has 1 N–H and O–H groups in total. The molecule has 0 heterocycles. The smallest absolute Gasteiger partial charge is 0.746 e. The molecule has 4 nitrogen and oxygen atoms in total. The fraction of sp³-hybridized carbons (Fsp3) is 1.00. The molecule has 0 fully saturated rings. The van der Waals surface area contributed by atoms with E-state index in [1.807, 2.05) is 0 Å². The van der Waals surface area contributed by atoms with Gasteiger partial charge < -0.3 is 9.66 Å². The molecule has 0 aromatic carbocycles. The molecule has 0 aliphatic carbocycles. The molecular weight excluding hydrogens is 143 g/mol. The summed E-state index contributed by atoms with van der Waals surface area (Å²) in [5, 5.41) is 7.99. The molecule has 0 aromatic heterocycles. The van der Waals surface area contributed by atoms with Gasteiger partial charge in [-0.15, -0.1) is 0 Å². The van der Waals surface area contributed by atoms with Gasteiger partial charge in [-0.25, -0.2) is 8.42 Å². The van der Waals surface area contributed by atoms with Gasteiger partial charge in [0.1, 0.15) is 15.6 Å². The molecule has 0 aliphatic heterocycles. The van der Waals surface area contributed by atoms with E-state index in [4.69, 9.17) is 5.11 Å². The van der Waals surface area contributed by atoms with Crippen LogP contribution in [0.25, 0.3) is 0 Å². The molecule has 0 bridgehead atoms. The third-order valence-corrected chi connectivity index (χ3v) is 1.25. The van der Waals surface area contributed by atoms with Gasteiger partial charge in [0, 0.05) is 0 Å². The molecule has 8 heavy (non-hydrogen) atoms. The van der Waals surface area contributed by atoms with Crippen LogP contribution in [0.2, 0.25) is 0 Å². The second-order valence-corrected chi connectivity index (χ2v) is 2.76. The van der Waals surface area contributed by atoms with Crippen LogP contribution in [0.1, 0.15) is 6.92 Å². The van der Waals surface area contributed by atoms with E-state index >= 15 is 0 Å². The van der Waals surface area contributed by atoms with Crippen LogP contribution in [0, 0.1) is 0 Å². The summed E-state index contributed by atoms with van der Waals surface area (Å²) >= 11 is 0. The van der Waals surface area contributed by atoms with Crippen LogP contribution in [0.3, 0.4) is 0 Å². The standard InChI is InChI=1S/C2H6O4S.Na/c1-2(3)7(4,5)6;/h2-3H,1H3,(H,4,5,6);/q;+1/p-1. The maximum Gasteiger partial charge on any atom is 1.00 e. The van der Waals surface area contributed by atoms with Gasteiger partial charge in [0.25, 0.3) is 0 Å². The van der Waals surface area contributed by atoms with Crippen LogP contribution < -0.4 is 29.6 Å². The third-order valence-electron chi connectivity index (χ3n) is 0.418. The molecule has 0 saturated carbocycles. The van der Waals surface area contributed by atoms with E-state index in [2.05, 4.69) is 0 Å². The van der Waals surface area contributed by atoms with E-state index in [9.17, 15) is 13.0 Å². The van der Waals surface area contributed by atoms with Gasteiger partial charge in [-0.05, 0) is 6.92 Å². The van der Waals surface area contributed by atoms with Crippen LogP contribution in [0.4, 0.5) is 0 Å². The first-order valence-corrected chi connectivity index (χ1v) is 3.04. The largest absolute Gasteiger partial charge is 1.00 e. The maximum absolute atomic E-state index is 9.53. The number of aliphatic hydroxyl groups excluding tert-OH is 1. The normalized spacial score (nSPS) is 14.4. The van der Waals surface area contributed by atoms with Crippen molar-refractivity contribution in [1.29, 1.82) is 0 Å². The predicted molar refractivity (Wildman–Crippen MR) is 21.4 cm³/mol. The summed E-state index contributed by atoms with van der Waals surface area (Å²) < 4.78 is 28.6. The second kappa shape index (κ2) is 3.81. The molecule has 0 saturated heterocycles. The van der Waals surface area contributed by atoms with Crippen molar-refractivity contribution in [3.8, 4) is 0 Å². The Bertz CT molecular complexity index is 136. The number of rotatable bonds is 1. The Morgan fingerprint density at radius 1 is 1.62 bits per heavy atom. The average Bonchev–Trinajstić information content (AvgIpc) is 1.31. The monoisotopic (exact) mass is 148 g/mol. The molecule has 0 spiro atoms. The van der Waals surface area contributed by atoms with Crippen molar-refractivity contribution in [2.75, 3.05) is 0 Å². The van der Waals surface area contributed by atoms with Gasteiger partial charge >= 0.3 is 29.6 Å². The zero-order valence-electron chi connectivity index (χ0n) is 4.66. The topological polar surface area (TPSA) is 77.4 Å². The Morgan fingerprint density at radius 2 is 1.75 bits per heavy atom. The third kappa shape index (κ3) is 5.02. The molecule has 6 heteroatoms. The summed E-state index contributed by atoms with van der Waals surface area (Å²) in [5.74, 6) is 0. The zero-order valence-corrected chi connectivity index (χ0v) is 7.47. The summed E-state index contributed by atoms with van der Waals surface area (Å²) in [5.41, 5.74) is -1.78. The number of aliphatic hydroxyl groups is 1. The van der Waals surface area contributed by atoms with E-state index in [-0.39, 0.29) is 29.6 Å². The van der Waals surface area contributed by atoms with E-state index < -0.39 is 15.6 Å². The minimum absolute atomic E-state index is 0. The van der Waals surface area contributed by atoms with Gasteiger partial charge in [0.2, 0.25) is 0 Å². The Kier molecular flexibility index (Phi) is 5.55. The minimum Gasteiger partial charge on any atom is -0.746 e. The Balaban J connectivity index is 0. The van der Waals surface area contributed by atoms with Crippen LogP contribution in [0.15, 0.2) is 0 Å². The van der Waals surface area contributed by atoms with Crippen molar-refractivity contribution < 1.29 is 47.6 Å². The maximum atomic E-state index is 9.53. The first kappa shape index (κ1) is 11.6. The van der Waals surface area contributed by atoms with E-state index in [0.717, 1.165) is 6.92 Å². The molecular formula is C2H5NaO4S. The van der Waals surface area contributed by atoms with Crippen LogP contribution in [-0.4, -0.2) is 23.5 Å². The summed E-state index contributed by atoms with van der Waals surface area (Å²) in [6.07, 6.45) is 0. The van der Waals surface area contributed by atoms with Gasteiger partial charge in [0.15, 0.2) is 0 Å². The van der Waals surface area contributed by atoms with E-state index in [1.165, 1.54) is 0 Å². The van der Waals surface area contributed by atoms with Gasteiger partial charge in [0.05, 0.1) is 0 Å². The Hall–Kier alpha value is 0.870. The van der Waals surface area contributed by atoms with Crippen LogP contribution in [-0.2, 0) is 10.1 Å². The predicted octanol–water partition coefficient (Wildman–Crippen LogP) is -4.13. The molecule has 0 rings (SSSR count). The first-order chi connectivity index (χ1) is 2.94. The van der Waals surface area contributed by atoms with Crippen molar-refractivity contribution in [3.05, 3.63) is 0 Å². The summed E-state index contributed by atoms with van der Waals surface area (Å²) in [4.78, 5) is 0. The van der Waals surface area contributed by atoms with Crippen molar-refractivity contribution in [1.82, 2.24) is 0 Å². The number of hydrogen-bond acceptors (Lipinski definition) is 4. The van der Waals surface area contributed by atoms with Gasteiger partial charge in [-0.3, -0.25) is 0 Å². The Morgan fingerprint density at radius 3 is 1.75 bits per heavy atom. The minimum atomic E-state index is -4.44. The molecule has 1 atom stereocenters. The molecule has 0 aliphatic rings. The van der Waals surface area contributed by atoms with Crippen molar-refractivity contribution >= 4 is 10.1 Å². The van der Waals surface area contributed by atoms with Crippen molar-refractivity contribution in [2.45, 2.75) is 12.4 Å². The second-order valence-electron chi connectivity index (χ2n) is 1.09. The Labute approximate surface area is 69.9 Å². The fourth-order valence-electron chi connectivity index (χ4n) is 0. The average molecular weight is 148 g/mol. The summed E-state index contributed by atoms with van der Waals surface area (Å²) in [6, 6.07) is 0. The van der Waals surface area contributed by atoms with Gasteiger partial charge in [-0.1, -0.05) is 0 Å². The van der Waals surface area contributed by atoms with Crippen molar-refractivity contribution in [2.24, 2.45) is 0 Å². The molecule has 0 aromatic rings. The van der Waals surface area contributed by atoms with E-state index in [1.54, 1.807) is 0 Å². The molecule has 0 amide bonds. The fourth-order valence-corrected chi connectivity index (χ4v) is 0. The number of hydrogen-bond donors (Lipinski definition) is 1. The summed E-state index contributed by atoms with van der Waals surface area (Å²) in [6.45, 7) is 0.905. The zero-order chi connectivity index (χ0) is 6.08. The van der Waals surface area contributed by atoms with Crippen LogP contribution in [0.5, 0.6) is 0 Å². The quantitative estimate of drug-likeness (QED) is 0.302. The summed E-state index contributed by atoms with van der Waals surface area (Å²) in [7, 11) is -4.44. The van der Waals surface area contributed by atoms with Gasteiger partial charge in [-0.2, -0.15) is 0 Å². The molecule has 44 valence electrons. The first-order valence-electron chi connectivity index (χ1n) is 1.57. The molecule has 0 radical (unpaired) electrons. The SMILES string of the molecule is CC(O)S(=O)(=O)[O-].[Na+]. The van der Waals surface area contributed by atoms with E-state index in [0.29, 0.717) is 0 Å². The van der Waals surface area contributed by atoms with Crippen molar-refractivity contribution in [3.63, 3.8) is 0 Å².